The maximum absolute atomic E-state index is 13.5. The van der Waals surface area contributed by atoms with Crippen LogP contribution < -0.4 is 4.74 Å². The Morgan fingerprint density at radius 2 is 2.06 bits per heavy atom. The average Bonchev–Trinajstić information content (AvgIpc) is 2.31. The Kier molecular flexibility index (Phi) is 3.57. The number of rotatable bonds is 2. The van der Waals surface area contributed by atoms with Crippen LogP contribution in [0.5, 0.6) is 5.75 Å². The Balaban J connectivity index is 2.16. The highest BCUT2D eigenvalue weighted by molar-refractivity contribution is 5.25. The molecule has 0 bridgehead atoms. The van der Waals surface area contributed by atoms with Gasteiger partial charge >= 0.3 is 0 Å². The molecule has 1 fully saturated rings. The first-order chi connectivity index (χ1) is 8.42. The maximum Gasteiger partial charge on any atom is 0.200 e. The van der Waals surface area contributed by atoms with E-state index in [0.717, 1.165) is 18.9 Å². The zero-order valence-electron chi connectivity index (χ0n) is 10.6. The van der Waals surface area contributed by atoms with Crippen molar-refractivity contribution in [1.29, 1.82) is 0 Å². The van der Waals surface area contributed by atoms with Gasteiger partial charge in [-0.2, -0.15) is 4.39 Å². The molecule has 2 atom stereocenters. The van der Waals surface area contributed by atoms with Crippen LogP contribution in [0.4, 0.5) is 8.78 Å². The highest BCUT2D eigenvalue weighted by Gasteiger charge is 2.39. The highest BCUT2D eigenvalue weighted by Crippen LogP contribution is 2.37. The topological polar surface area (TPSA) is 29.5 Å². The summed E-state index contributed by atoms with van der Waals surface area (Å²) >= 11 is 0. The third-order valence-electron chi connectivity index (χ3n) is 3.66. The molecule has 0 spiro atoms. The van der Waals surface area contributed by atoms with Crippen molar-refractivity contribution in [3.8, 4) is 5.75 Å². The van der Waals surface area contributed by atoms with Crippen molar-refractivity contribution in [1.82, 2.24) is 0 Å². The minimum absolute atomic E-state index is 0.128. The lowest BCUT2D eigenvalue weighted by atomic mass is 9.73. The molecule has 2 nitrogen and oxygen atoms in total. The van der Waals surface area contributed by atoms with Crippen molar-refractivity contribution in [3.05, 3.63) is 29.8 Å². The summed E-state index contributed by atoms with van der Waals surface area (Å²) < 4.78 is 32.0. The predicted molar refractivity (Wildman–Crippen MR) is 64.4 cm³/mol. The molecule has 1 aromatic carbocycles. The predicted octanol–water partition coefficient (Wildman–Crippen LogP) is 3.28. The van der Waals surface area contributed by atoms with Gasteiger partial charge in [0, 0.05) is 0 Å². The summed E-state index contributed by atoms with van der Waals surface area (Å²) in [6.07, 6.45) is 1.31. The van der Waals surface area contributed by atoms with Crippen LogP contribution in [0.25, 0.3) is 0 Å². The Labute approximate surface area is 106 Å². The average molecular weight is 256 g/mol. The van der Waals surface area contributed by atoms with E-state index in [1.165, 1.54) is 12.1 Å². The number of hydrogen-bond donors (Lipinski definition) is 1. The summed E-state index contributed by atoms with van der Waals surface area (Å²) in [5, 5.41) is 10.2. The van der Waals surface area contributed by atoms with E-state index in [1.54, 1.807) is 0 Å². The summed E-state index contributed by atoms with van der Waals surface area (Å²) in [6, 6.07) is 3.82. The van der Waals surface area contributed by atoms with Crippen LogP contribution in [0.3, 0.4) is 0 Å². The molecule has 0 amide bonds. The Hall–Kier alpha value is -1.16. The van der Waals surface area contributed by atoms with Gasteiger partial charge in [-0.25, -0.2) is 4.39 Å². The molecule has 18 heavy (non-hydrogen) atoms. The van der Waals surface area contributed by atoms with Crippen LogP contribution >= 0.6 is 0 Å². The smallest absolute Gasteiger partial charge is 0.200 e. The maximum atomic E-state index is 13.5. The minimum atomic E-state index is -0.993. The van der Waals surface area contributed by atoms with E-state index in [-0.39, 0.29) is 11.2 Å². The molecule has 2 rings (SSSR count). The standard InChI is InChI=1S/C14H18F2O2/c1-14(2)8-4-7-11(13(14)17)18-10-6-3-5-9(15)12(10)16/h3,5-6,11,13,17H,4,7-8H2,1-2H3. The van der Waals surface area contributed by atoms with E-state index >= 15 is 0 Å². The summed E-state index contributed by atoms with van der Waals surface area (Å²) in [5.41, 5.74) is -0.257. The van der Waals surface area contributed by atoms with Gasteiger partial charge in [-0.3, -0.25) is 0 Å². The number of hydrogen-bond acceptors (Lipinski definition) is 2. The molecular weight excluding hydrogens is 238 g/mol. The molecule has 1 aromatic rings. The molecular formula is C14H18F2O2. The van der Waals surface area contributed by atoms with Gasteiger partial charge in [-0.05, 0) is 36.8 Å². The number of aliphatic hydroxyl groups is 1. The van der Waals surface area contributed by atoms with Crippen LogP contribution in [0.1, 0.15) is 33.1 Å². The van der Waals surface area contributed by atoms with Gasteiger partial charge in [-0.15, -0.1) is 0 Å². The lowest BCUT2D eigenvalue weighted by Gasteiger charge is -2.40. The normalized spacial score (nSPS) is 26.9. The van der Waals surface area contributed by atoms with Crippen LogP contribution in [0.2, 0.25) is 0 Å². The van der Waals surface area contributed by atoms with Gasteiger partial charge in [0.2, 0.25) is 5.82 Å². The molecule has 1 N–H and O–H groups in total. The first-order valence-corrected chi connectivity index (χ1v) is 6.20. The monoisotopic (exact) mass is 256 g/mol. The number of aliphatic hydroxyl groups excluding tert-OH is 1. The molecule has 0 saturated heterocycles. The van der Waals surface area contributed by atoms with Crippen LogP contribution in [-0.2, 0) is 0 Å². The lowest BCUT2D eigenvalue weighted by Crippen LogP contribution is -2.46. The fraction of sp³-hybridized carbons (Fsp3) is 0.571. The van der Waals surface area contributed by atoms with Gasteiger partial charge in [0.25, 0.3) is 0 Å². The zero-order chi connectivity index (χ0) is 13.3. The highest BCUT2D eigenvalue weighted by atomic mass is 19.2. The van der Waals surface area contributed by atoms with Crippen molar-refractivity contribution in [2.45, 2.75) is 45.3 Å². The summed E-state index contributed by atoms with van der Waals surface area (Å²) in [4.78, 5) is 0. The van der Waals surface area contributed by atoms with Crippen LogP contribution in [0, 0.1) is 17.0 Å². The molecule has 1 aliphatic carbocycles. The van der Waals surface area contributed by atoms with Crippen LogP contribution in [0.15, 0.2) is 18.2 Å². The second-order valence-electron chi connectivity index (χ2n) is 5.53. The fourth-order valence-electron chi connectivity index (χ4n) is 2.43. The van der Waals surface area contributed by atoms with Gasteiger partial charge in [0.15, 0.2) is 11.6 Å². The van der Waals surface area contributed by atoms with Crippen molar-refractivity contribution in [3.63, 3.8) is 0 Å². The second kappa shape index (κ2) is 4.84. The van der Waals surface area contributed by atoms with E-state index in [4.69, 9.17) is 4.74 Å². The van der Waals surface area contributed by atoms with Gasteiger partial charge in [0.1, 0.15) is 6.10 Å². The molecule has 2 unspecified atom stereocenters. The van der Waals surface area contributed by atoms with E-state index in [2.05, 4.69) is 0 Å². The first-order valence-electron chi connectivity index (χ1n) is 6.20. The SMILES string of the molecule is CC1(C)CCCC(Oc2cccc(F)c2F)C1O. The largest absolute Gasteiger partial charge is 0.485 e. The second-order valence-corrected chi connectivity index (χ2v) is 5.53. The minimum Gasteiger partial charge on any atom is -0.485 e. The molecule has 100 valence electrons. The van der Waals surface area contributed by atoms with Crippen LogP contribution in [-0.4, -0.2) is 17.3 Å². The number of benzene rings is 1. The fourth-order valence-corrected chi connectivity index (χ4v) is 2.43. The van der Waals surface area contributed by atoms with Gasteiger partial charge in [-0.1, -0.05) is 19.9 Å². The van der Waals surface area contributed by atoms with E-state index < -0.39 is 23.8 Å². The molecule has 0 heterocycles. The molecule has 0 aliphatic heterocycles. The van der Waals surface area contributed by atoms with Crippen molar-refractivity contribution < 1.29 is 18.6 Å². The summed E-state index contributed by atoms with van der Waals surface area (Å²) in [6.45, 7) is 3.91. The summed E-state index contributed by atoms with van der Waals surface area (Å²) in [7, 11) is 0. The Bertz CT molecular complexity index is 432. The Morgan fingerprint density at radius 1 is 1.33 bits per heavy atom. The van der Waals surface area contributed by atoms with E-state index in [9.17, 15) is 13.9 Å². The number of halogens is 2. The van der Waals surface area contributed by atoms with Gasteiger partial charge < -0.3 is 9.84 Å². The quantitative estimate of drug-likeness (QED) is 0.880. The van der Waals surface area contributed by atoms with Crippen molar-refractivity contribution in [2.75, 3.05) is 0 Å². The molecule has 4 heteroatoms. The van der Waals surface area contributed by atoms with E-state index in [1.807, 2.05) is 13.8 Å². The molecule has 1 aliphatic rings. The molecule has 0 aromatic heterocycles. The molecule has 0 radical (unpaired) electrons. The third-order valence-corrected chi connectivity index (χ3v) is 3.66. The summed E-state index contributed by atoms with van der Waals surface area (Å²) in [5.74, 6) is -2.05. The molecule has 1 saturated carbocycles. The van der Waals surface area contributed by atoms with Crippen molar-refractivity contribution in [2.24, 2.45) is 5.41 Å². The van der Waals surface area contributed by atoms with Gasteiger partial charge in [0.05, 0.1) is 6.10 Å². The number of ether oxygens (including phenoxy) is 1. The van der Waals surface area contributed by atoms with E-state index in [0.29, 0.717) is 6.42 Å². The van der Waals surface area contributed by atoms with Crippen molar-refractivity contribution >= 4 is 0 Å². The first kappa shape index (κ1) is 13.3. The third kappa shape index (κ3) is 2.48. The Morgan fingerprint density at radius 3 is 2.78 bits per heavy atom. The lowest BCUT2D eigenvalue weighted by molar-refractivity contribution is -0.0701. The zero-order valence-corrected chi connectivity index (χ0v) is 10.6.